The second-order valence-electron chi connectivity index (χ2n) is 6.30. The number of halogens is 1. The molecule has 1 unspecified atom stereocenters. The van der Waals surface area contributed by atoms with Crippen molar-refractivity contribution in [2.75, 3.05) is 13.1 Å². The second-order valence-corrected chi connectivity index (χ2v) is 6.30. The van der Waals surface area contributed by atoms with E-state index in [1.54, 1.807) is 0 Å². The van der Waals surface area contributed by atoms with Crippen LogP contribution in [0.1, 0.15) is 38.7 Å². The molecule has 1 saturated heterocycles. The maximum atomic E-state index is 13.3. The highest BCUT2D eigenvalue weighted by atomic mass is 19.1. The first kappa shape index (κ1) is 15.8. The van der Waals surface area contributed by atoms with E-state index in [9.17, 15) is 9.18 Å². The lowest BCUT2D eigenvalue weighted by Crippen LogP contribution is -2.44. The third-order valence-electron chi connectivity index (χ3n) is 3.84. The lowest BCUT2D eigenvalue weighted by molar-refractivity contribution is -0.000346. The molecule has 1 aromatic carbocycles. The molecule has 0 N–H and O–H groups in total. The van der Waals surface area contributed by atoms with E-state index in [-0.39, 0.29) is 6.54 Å². The predicted octanol–water partition coefficient (Wildman–Crippen LogP) is 3.97. The average molecular weight is 293 g/mol. The van der Waals surface area contributed by atoms with Crippen LogP contribution in [0.2, 0.25) is 0 Å². The van der Waals surface area contributed by atoms with Gasteiger partial charge in [0.15, 0.2) is 0 Å². The molecular weight excluding hydrogens is 269 g/mol. The molecule has 1 atom stereocenters. The van der Waals surface area contributed by atoms with Gasteiger partial charge in [0, 0.05) is 6.54 Å². The van der Waals surface area contributed by atoms with Crippen LogP contribution in [0.25, 0.3) is 0 Å². The smallest absolute Gasteiger partial charge is 0.410 e. The highest BCUT2D eigenvalue weighted by Crippen LogP contribution is 2.21. The molecule has 1 aliphatic heterocycles. The highest BCUT2D eigenvalue weighted by molar-refractivity contribution is 5.68. The molecule has 0 radical (unpaired) electrons. The first-order valence-electron chi connectivity index (χ1n) is 7.62. The van der Waals surface area contributed by atoms with Crippen molar-refractivity contribution in [3.05, 3.63) is 35.9 Å². The van der Waals surface area contributed by atoms with Gasteiger partial charge in [-0.05, 0) is 45.1 Å². The molecule has 1 amide bonds. The zero-order chi connectivity index (χ0) is 15.3. The summed E-state index contributed by atoms with van der Waals surface area (Å²) in [6, 6.07) is 10.1. The van der Waals surface area contributed by atoms with E-state index in [4.69, 9.17) is 4.74 Å². The maximum absolute atomic E-state index is 13.3. The lowest BCUT2D eigenvalue weighted by atomic mass is 9.98. The van der Waals surface area contributed by atoms with Crippen molar-refractivity contribution in [1.29, 1.82) is 0 Å². The third-order valence-corrected chi connectivity index (χ3v) is 3.84. The van der Waals surface area contributed by atoms with Crippen LogP contribution in [0.15, 0.2) is 30.3 Å². The Labute approximate surface area is 126 Å². The number of piperidine rings is 1. The number of carbonyl (C=O) groups is 1. The lowest BCUT2D eigenvalue weighted by Gasteiger charge is -2.33. The Balaban J connectivity index is 1.83. The number of likely N-dealkylation sites (tertiary alicyclic amines) is 1. The van der Waals surface area contributed by atoms with Crippen LogP contribution in [-0.4, -0.2) is 35.9 Å². The van der Waals surface area contributed by atoms with Gasteiger partial charge in [0.05, 0.1) is 6.54 Å². The summed E-state index contributed by atoms with van der Waals surface area (Å²) in [6.07, 6.45) is 1.54. The number of amides is 1. The van der Waals surface area contributed by atoms with Crippen molar-refractivity contribution in [3.8, 4) is 0 Å². The fourth-order valence-corrected chi connectivity index (χ4v) is 2.53. The summed E-state index contributed by atoms with van der Waals surface area (Å²) in [4.78, 5) is 13.6. The zero-order valence-electron chi connectivity index (χ0n) is 12.8. The number of nitrogens with zero attached hydrogens (tertiary/aromatic N) is 1. The molecule has 0 saturated carbocycles. The Bertz CT molecular complexity index is 461. The van der Waals surface area contributed by atoms with Crippen molar-refractivity contribution >= 4 is 6.09 Å². The Hall–Kier alpha value is -1.58. The summed E-state index contributed by atoms with van der Waals surface area (Å²) in [6.45, 7) is 4.57. The molecule has 2 rings (SSSR count). The van der Waals surface area contributed by atoms with E-state index < -0.39 is 17.9 Å². The van der Waals surface area contributed by atoms with Crippen molar-refractivity contribution in [3.63, 3.8) is 0 Å². The largest absolute Gasteiger partial charge is 0.443 e. The number of benzene rings is 1. The minimum atomic E-state index is -0.918. The average Bonchev–Trinajstić information content (AvgIpc) is 2.46. The Morgan fingerprint density at radius 3 is 2.76 bits per heavy atom. The van der Waals surface area contributed by atoms with E-state index in [1.807, 2.05) is 32.0 Å². The van der Waals surface area contributed by atoms with Crippen molar-refractivity contribution in [2.24, 2.45) is 0 Å². The van der Waals surface area contributed by atoms with Crippen LogP contribution in [-0.2, 0) is 11.2 Å². The Kier molecular flexibility index (Phi) is 5.21. The SMILES string of the molecule is CC(C)(CCc1ccccc1)OC(=O)N1CCCC(F)C1. The fraction of sp³-hybridized carbons (Fsp3) is 0.588. The molecule has 21 heavy (non-hydrogen) atoms. The number of aryl methyl sites for hydroxylation is 1. The van der Waals surface area contributed by atoms with Gasteiger partial charge in [-0.15, -0.1) is 0 Å². The molecule has 3 nitrogen and oxygen atoms in total. The molecule has 1 heterocycles. The van der Waals surface area contributed by atoms with Gasteiger partial charge in [-0.3, -0.25) is 0 Å². The number of hydrogen-bond acceptors (Lipinski definition) is 2. The topological polar surface area (TPSA) is 29.5 Å². The van der Waals surface area contributed by atoms with Crippen molar-refractivity contribution in [1.82, 2.24) is 4.90 Å². The van der Waals surface area contributed by atoms with Crippen LogP contribution >= 0.6 is 0 Å². The normalized spacial score (nSPS) is 19.4. The number of carbonyl (C=O) groups excluding carboxylic acids is 1. The molecule has 1 aliphatic rings. The first-order chi connectivity index (χ1) is 9.96. The van der Waals surface area contributed by atoms with Gasteiger partial charge in [-0.1, -0.05) is 30.3 Å². The van der Waals surface area contributed by atoms with Gasteiger partial charge in [0.2, 0.25) is 0 Å². The van der Waals surface area contributed by atoms with Crippen LogP contribution in [0, 0.1) is 0 Å². The summed E-state index contributed by atoms with van der Waals surface area (Å²) in [5, 5.41) is 0. The molecular formula is C17H24FNO2. The monoisotopic (exact) mass is 293 g/mol. The molecule has 0 aliphatic carbocycles. The number of alkyl halides is 1. The molecule has 0 bridgehead atoms. The number of hydrogen-bond donors (Lipinski definition) is 0. The van der Waals surface area contributed by atoms with Crippen LogP contribution in [0.3, 0.4) is 0 Å². The van der Waals surface area contributed by atoms with E-state index in [0.717, 1.165) is 12.8 Å². The molecule has 4 heteroatoms. The summed E-state index contributed by atoms with van der Waals surface area (Å²) >= 11 is 0. The number of rotatable bonds is 4. The summed E-state index contributed by atoms with van der Waals surface area (Å²) in [5.41, 5.74) is 0.680. The molecule has 0 aromatic heterocycles. The van der Waals surface area contributed by atoms with Crippen molar-refractivity contribution < 1.29 is 13.9 Å². The molecule has 0 spiro atoms. The molecule has 116 valence electrons. The van der Waals surface area contributed by atoms with Crippen LogP contribution in [0.4, 0.5) is 9.18 Å². The Morgan fingerprint density at radius 1 is 1.38 bits per heavy atom. The summed E-state index contributed by atoms with van der Waals surface area (Å²) < 4.78 is 18.9. The predicted molar refractivity (Wildman–Crippen MR) is 81.0 cm³/mol. The van der Waals surface area contributed by atoms with E-state index in [2.05, 4.69) is 12.1 Å². The van der Waals surface area contributed by atoms with E-state index >= 15 is 0 Å². The Morgan fingerprint density at radius 2 is 2.10 bits per heavy atom. The highest BCUT2D eigenvalue weighted by Gasteiger charge is 2.29. The number of ether oxygens (including phenoxy) is 1. The maximum Gasteiger partial charge on any atom is 0.410 e. The second kappa shape index (κ2) is 6.92. The van der Waals surface area contributed by atoms with E-state index in [1.165, 1.54) is 10.5 Å². The summed E-state index contributed by atoms with van der Waals surface area (Å²) in [7, 11) is 0. The standard InChI is InChI=1S/C17H24FNO2/c1-17(2,11-10-14-7-4-3-5-8-14)21-16(20)19-12-6-9-15(18)13-19/h3-5,7-8,15H,6,9-13H2,1-2H3. The van der Waals surface area contributed by atoms with Gasteiger partial charge < -0.3 is 9.64 Å². The zero-order valence-corrected chi connectivity index (χ0v) is 12.8. The van der Waals surface area contributed by atoms with Crippen LogP contribution < -0.4 is 0 Å². The quantitative estimate of drug-likeness (QED) is 0.840. The van der Waals surface area contributed by atoms with Gasteiger partial charge >= 0.3 is 6.09 Å². The fourth-order valence-electron chi connectivity index (χ4n) is 2.53. The van der Waals surface area contributed by atoms with Crippen LogP contribution in [0.5, 0.6) is 0 Å². The van der Waals surface area contributed by atoms with Gasteiger partial charge in [-0.2, -0.15) is 0 Å². The third kappa shape index (κ3) is 5.03. The minimum Gasteiger partial charge on any atom is -0.443 e. The van der Waals surface area contributed by atoms with Gasteiger partial charge in [0.1, 0.15) is 11.8 Å². The van der Waals surface area contributed by atoms with E-state index in [0.29, 0.717) is 19.4 Å². The minimum absolute atomic E-state index is 0.160. The first-order valence-corrected chi connectivity index (χ1v) is 7.62. The molecule has 1 fully saturated rings. The summed E-state index contributed by atoms with van der Waals surface area (Å²) in [5.74, 6) is 0. The van der Waals surface area contributed by atoms with Crippen molar-refractivity contribution in [2.45, 2.75) is 51.3 Å². The van der Waals surface area contributed by atoms with Gasteiger partial charge in [0.25, 0.3) is 0 Å². The molecule has 1 aromatic rings. The van der Waals surface area contributed by atoms with Gasteiger partial charge in [-0.25, -0.2) is 9.18 Å².